The molecule has 1 fully saturated rings. The molecule has 468 valence electrons. The van der Waals surface area contributed by atoms with E-state index in [2.05, 4.69) is 57.2 Å². The van der Waals surface area contributed by atoms with E-state index in [1.165, 1.54) is 270 Å². The number of hydrogen-bond donors (Lipinski definition) is 1. The van der Waals surface area contributed by atoms with Crippen molar-refractivity contribution in [2.24, 2.45) is 0 Å². The van der Waals surface area contributed by atoms with Crippen LogP contribution in [-0.2, 0) is 33.3 Å². The molecule has 80 heavy (non-hydrogen) atoms. The number of carbonyl (C=O) groups is 3. The van der Waals surface area contributed by atoms with Crippen LogP contribution in [0.4, 0.5) is 0 Å². The van der Waals surface area contributed by atoms with Crippen molar-refractivity contribution in [1.82, 2.24) is 0 Å². The molecule has 1 saturated heterocycles. The molecule has 1 aliphatic heterocycles. The maximum absolute atomic E-state index is 13.4. The molecule has 8 heteroatoms. The zero-order valence-corrected chi connectivity index (χ0v) is 53.2. The van der Waals surface area contributed by atoms with E-state index in [1.54, 1.807) is 0 Å². The largest absolute Gasteiger partial charge is 0.457 e. The summed E-state index contributed by atoms with van der Waals surface area (Å²) in [6.45, 7) is 6.36. The molecule has 0 amide bonds. The molecule has 0 saturated carbocycles. The molecule has 0 aromatic heterocycles. The normalized spacial score (nSPS) is 16.0. The third-order valence-corrected chi connectivity index (χ3v) is 16.5. The minimum absolute atomic E-state index is 0.0181. The van der Waals surface area contributed by atoms with Crippen molar-refractivity contribution in [1.29, 1.82) is 0 Å². The number of allylic oxidation sites excluding steroid dienone is 6. The molecule has 1 N–H and O–H groups in total. The Hall–Kier alpha value is -2.45. The van der Waals surface area contributed by atoms with Gasteiger partial charge < -0.3 is 24.1 Å². The first-order valence-corrected chi connectivity index (χ1v) is 35.2. The summed E-state index contributed by atoms with van der Waals surface area (Å²) < 4.78 is 23.8. The highest BCUT2D eigenvalue weighted by molar-refractivity contribution is 5.71. The highest BCUT2D eigenvalue weighted by Gasteiger charge is 2.47. The Morgan fingerprint density at radius 1 is 0.362 bits per heavy atom. The van der Waals surface area contributed by atoms with Crippen LogP contribution in [0.3, 0.4) is 0 Å². The Morgan fingerprint density at radius 2 is 0.613 bits per heavy atom. The predicted octanol–water partition coefficient (Wildman–Crippen LogP) is 21.9. The van der Waals surface area contributed by atoms with Gasteiger partial charge in [0.1, 0.15) is 6.10 Å². The van der Waals surface area contributed by atoms with Gasteiger partial charge in [0, 0.05) is 19.3 Å². The number of unbranched alkanes of at least 4 members (excludes halogenated alkanes) is 45. The van der Waals surface area contributed by atoms with Gasteiger partial charge in [-0.2, -0.15) is 0 Å². The van der Waals surface area contributed by atoms with E-state index in [9.17, 15) is 19.5 Å². The summed E-state index contributed by atoms with van der Waals surface area (Å²) in [4.78, 5) is 39.6. The predicted molar refractivity (Wildman–Crippen MR) is 340 cm³/mol. The summed E-state index contributed by atoms with van der Waals surface area (Å²) >= 11 is 0. The zero-order chi connectivity index (χ0) is 57.7. The van der Waals surface area contributed by atoms with Crippen LogP contribution in [0.2, 0.25) is 0 Å². The molecule has 1 heterocycles. The van der Waals surface area contributed by atoms with Gasteiger partial charge in [0.2, 0.25) is 0 Å². The second kappa shape index (κ2) is 61.1. The standard InChI is InChI=1S/C72H132O8/c1-4-7-10-13-16-19-22-25-28-31-34-37-40-43-46-49-52-55-58-61-68(74)78-66(64-73)71-72(80-70(76)63-60-57-54-51-48-45-42-39-36-33-30-27-24-21-18-15-12-9-6-3)67(65-77-71)79-69(75)62-59-56-53-50-47-44-41-38-35-32-29-26-23-20-17-14-11-8-5-2/h25-30,66-67,71-73H,4-24,31-65H2,1-3H3/b28-25-,29-26-,30-27-/t66-,67+,71-,72-/m1/s1. The molecule has 4 atom stereocenters. The topological polar surface area (TPSA) is 108 Å². The second-order valence-corrected chi connectivity index (χ2v) is 24.2. The van der Waals surface area contributed by atoms with E-state index in [0.29, 0.717) is 6.42 Å². The van der Waals surface area contributed by atoms with Crippen molar-refractivity contribution in [2.75, 3.05) is 13.2 Å². The lowest BCUT2D eigenvalue weighted by Crippen LogP contribution is -2.46. The molecule has 0 aromatic rings. The molecule has 0 bridgehead atoms. The van der Waals surface area contributed by atoms with Gasteiger partial charge >= 0.3 is 17.9 Å². The van der Waals surface area contributed by atoms with Crippen LogP contribution in [0.25, 0.3) is 0 Å². The third-order valence-electron chi connectivity index (χ3n) is 16.5. The number of aliphatic hydroxyl groups excluding tert-OH is 1. The first kappa shape index (κ1) is 75.6. The lowest BCUT2D eigenvalue weighted by atomic mass is 10.0. The maximum Gasteiger partial charge on any atom is 0.306 e. The average molecular weight is 1130 g/mol. The van der Waals surface area contributed by atoms with Crippen LogP contribution < -0.4 is 0 Å². The molecule has 0 unspecified atom stereocenters. The SMILES string of the molecule is CCCCCCCC/C=C\CCCCCCCCCCCC(=O)O[C@H]1[C@@H]([C@@H](CO)OC(=O)CCCCCCCCCCC/C=C\CCCCCCCC)OC[C@@H]1OC(=O)CCCCCCCCCCC/C=C\CCCCCCCC. The van der Waals surface area contributed by atoms with Crippen LogP contribution in [0, 0.1) is 0 Å². The molecular weight excluding hydrogens is 993 g/mol. The lowest BCUT2D eigenvalue weighted by Gasteiger charge is -2.28. The van der Waals surface area contributed by atoms with E-state index in [4.69, 9.17) is 18.9 Å². The van der Waals surface area contributed by atoms with Crippen molar-refractivity contribution in [3.8, 4) is 0 Å². The number of rotatable bonds is 62. The van der Waals surface area contributed by atoms with Crippen molar-refractivity contribution < 1.29 is 38.4 Å². The highest BCUT2D eigenvalue weighted by atomic mass is 16.6. The van der Waals surface area contributed by atoms with Gasteiger partial charge in [-0.15, -0.1) is 0 Å². The van der Waals surface area contributed by atoms with Gasteiger partial charge in [0.05, 0.1) is 13.2 Å². The summed E-state index contributed by atoms with van der Waals surface area (Å²) in [7, 11) is 0. The number of hydrogen-bond acceptors (Lipinski definition) is 8. The van der Waals surface area contributed by atoms with E-state index in [-0.39, 0.29) is 31.4 Å². The molecule has 1 aliphatic rings. The maximum atomic E-state index is 13.4. The summed E-state index contributed by atoms with van der Waals surface area (Å²) in [5.74, 6) is -1.11. The summed E-state index contributed by atoms with van der Waals surface area (Å²) in [5.41, 5.74) is 0. The first-order valence-electron chi connectivity index (χ1n) is 35.2. The molecule has 0 spiro atoms. The Morgan fingerprint density at radius 3 is 0.900 bits per heavy atom. The van der Waals surface area contributed by atoms with Crippen LogP contribution in [-0.4, -0.2) is 60.6 Å². The van der Waals surface area contributed by atoms with Gasteiger partial charge in [-0.1, -0.05) is 288 Å². The van der Waals surface area contributed by atoms with Crippen LogP contribution in [0.1, 0.15) is 367 Å². The smallest absolute Gasteiger partial charge is 0.306 e. The van der Waals surface area contributed by atoms with Gasteiger partial charge in [-0.3, -0.25) is 14.4 Å². The Balaban J connectivity index is 2.44. The van der Waals surface area contributed by atoms with E-state index in [1.807, 2.05) is 0 Å². The van der Waals surface area contributed by atoms with Crippen LogP contribution in [0.15, 0.2) is 36.5 Å². The fourth-order valence-electron chi connectivity index (χ4n) is 11.2. The van der Waals surface area contributed by atoms with E-state index >= 15 is 0 Å². The van der Waals surface area contributed by atoms with Crippen LogP contribution >= 0.6 is 0 Å². The minimum Gasteiger partial charge on any atom is -0.457 e. The van der Waals surface area contributed by atoms with E-state index < -0.39 is 37.0 Å². The second-order valence-electron chi connectivity index (χ2n) is 24.2. The fourth-order valence-corrected chi connectivity index (χ4v) is 11.2. The molecule has 8 nitrogen and oxygen atoms in total. The molecule has 1 rings (SSSR count). The van der Waals surface area contributed by atoms with Crippen molar-refractivity contribution in [3.63, 3.8) is 0 Å². The number of aliphatic hydroxyl groups is 1. The van der Waals surface area contributed by atoms with Crippen molar-refractivity contribution in [3.05, 3.63) is 36.5 Å². The van der Waals surface area contributed by atoms with E-state index in [0.717, 1.165) is 57.8 Å². The van der Waals surface area contributed by atoms with Crippen molar-refractivity contribution in [2.45, 2.75) is 392 Å². The molecule has 0 radical (unpaired) electrons. The summed E-state index contributed by atoms with van der Waals surface area (Å²) in [6.07, 6.45) is 74.1. The Labute approximate surface area is 495 Å². The lowest BCUT2D eigenvalue weighted by molar-refractivity contribution is -0.175. The number of carbonyl (C=O) groups excluding carboxylic acids is 3. The summed E-state index contributed by atoms with van der Waals surface area (Å²) in [6, 6.07) is 0. The Bertz CT molecular complexity index is 1420. The summed E-state index contributed by atoms with van der Waals surface area (Å²) in [5, 5.41) is 10.5. The van der Waals surface area contributed by atoms with Crippen LogP contribution in [0.5, 0.6) is 0 Å². The fraction of sp³-hybridized carbons (Fsp3) is 0.875. The Kier molecular flexibility index (Phi) is 57.7. The van der Waals surface area contributed by atoms with Crippen molar-refractivity contribution >= 4 is 17.9 Å². The quantitative estimate of drug-likeness (QED) is 0.0278. The van der Waals surface area contributed by atoms with Gasteiger partial charge in [-0.25, -0.2) is 0 Å². The molecule has 0 aliphatic carbocycles. The number of ether oxygens (including phenoxy) is 4. The zero-order valence-electron chi connectivity index (χ0n) is 53.2. The highest BCUT2D eigenvalue weighted by Crippen LogP contribution is 2.28. The first-order chi connectivity index (χ1) is 39.5. The van der Waals surface area contributed by atoms with Gasteiger partial charge in [0.25, 0.3) is 0 Å². The molecule has 0 aromatic carbocycles. The minimum atomic E-state index is -1.03. The molecular formula is C72H132O8. The monoisotopic (exact) mass is 1120 g/mol. The van der Waals surface area contributed by atoms with Gasteiger partial charge in [-0.05, 0) is 96.3 Å². The third kappa shape index (κ3) is 50.1. The average Bonchev–Trinajstić information content (AvgIpc) is 3.84. The number of esters is 3. The van der Waals surface area contributed by atoms with Gasteiger partial charge in [0.15, 0.2) is 18.3 Å².